The standard InChI is InChI=1S/C32H33FN2O7S/c1-22(19-31(36)41-3)34(20-23-9-5-8-12-28(23)33)29-17-18-30(27-11-7-6-10-26(27)29)35(21-32(37)42-4)43(38,39)25-15-13-24(40-2)14-16-25/h5-18,22H,19-21H2,1-4H3/t22-/m0/s1. The van der Waals surface area contributed by atoms with Crippen molar-refractivity contribution >= 4 is 44.1 Å². The van der Waals surface area contributed by atoms with Gasteiger partial charge in [-0.2, -0.15) is 0 Å². The van der Waals surface area contributed by atoms with Gasteiger partial charge in [0, 0.05) is 34.6 Å². The Labute approximate surface area is 250 Å². The summed E-state index contributed by atoms with van der Waals surface area (Å²) in [6, 6.07) is 22.2. The number of rotatable bonds is 12. The van der Waals surface area contributed by atoms with Crippen LogP contribution in [0.15, 0.2) is 89.8 Å². The fourth-order valence-electron chi connectivity index (χ4n) is 4.81. The van der Waals surface area contributed by atoms with Crippen molar-refractivity contribution in [1.29, 1.82) is 0 Å². The van der Waals surface area contributed by atoms with Crippen LogP contribution in [0.1, 0.15) is 18.9 Å². The second-order valence-electron chi connectivity index (χ2n) is 9.76. The minimum absolute atomic E-state index is 0.0291. The molecular formula is C32H33FN2O7S. The first kappa shape index (κ1) is 31.3. The van der Waals surface area contributed by atoms with E-state index in [0.29, 0.717) is 27.8 Å². The molecule has 4 aromatic carbocycles. The number of benzene rings is 4. The number of carbonyl (C=O) groups excluding carboxylic acids is 2. The average Bonchev–Trinajstić information content (AvgIpc) is 3.02. The van der Waals surface area contributed by atoms with Gasteiger partial charge < -0.3 is 19.1 Å². The fraction of sp³-hybridized carbons (Fsp3) is 0.250. The summed E-state index contributed by atoms with van der Waals surface area (Å²) in [6.07, 6.45) is 0.0291. The molecule has 0 aromatic heterocycles. The molecule has 1 atom stereocenters. The van der Waals surface area contributed by atoms with Crippen molar-refractivity contribution in [2.24, 2.45) is 0 Å². The van der Waals surface area contributed by atoms with Crippen LogP contribution in [0.2, 0.25) is 0 Å². The molecule has 0 radical (unpaired) electrons. The highest BCUT2D eigenvalue weighted by molar-refractivity contribution is 7.92. The smallest absolute Gasteiger partial charge is 0.326 e. The van der Waals surface area contributed by atoms with E-state index in [4.69, 9.17) is 14.2 Å². The molecule has 0 aliphatic carbocycles. The lowest BCUT2D eigenvalue weighted by molar-refractivity contribution is -0.141. The minimum Gasteiger partial charge on any atom is -0.497 e. The van der Waals surface area contributed by atoms with Gasteiger partial charge in [-0.25, -0.2) is 12.8 Å². The van der Waals surface area contributed by atoms with Crippen LogP contribution < -0.4 is 13.9 Å². The maximum absolute atomic E-state index is 14.8. The van der Waals surface area contributed by atoms with Gasteiger partial charge in [0.2, 0.25) is 0 Å². The van der Waals surface area contributed by atoms with Crippen molar-refractivity contribution in [3.8, 4) is 5.75 Å². The van der Waals surface area contributed by atoms with Gasteiger partial charge in [-0.3, -0.25) is 13.9 Å². The number of anilines is 2. The third-order valence-electron chi connectivity index (χ3n) is 7.12. The van der Waals surface area contributed by atoms with E-state index in [0.717, 1.165) is 4.31 Å². The molecule has 0 N–H and O–H groups in total. The highest BCUT2D eigenvalue weighted by Gasteiger charge is 2.30. The quantitative estimate of drug-likeness (QED) is 0.199. The average molecular weight is 609 g/mol. The molecule has 0 heterocycles. The Hall–Kier alpha value is -4.64. The summed E-state index contributed by atoms with van der Waals surface area (Å²) in [5, 5.41) is 1.15. The zero-order chi connectivity index (χ0) is 31.1. The molecule has 11 heteroatoms. The predicted octanol–water partition coefficient (Wildman–Crippen LogP) is 5.31. The molecule has 0 saturated heterocycles. The van der Waals surface area contributed by atoms with E-state index in [1.165, 1.54) is 51.7 Å². The van der Waals surface area contributed by atoms with Crippen LogP contribution >= 0.6 is 0 Å². The molecule has 0 spiro atoms. The Morgan fingerprint density at radius 3 is 1.98 bits per heavy atom. The monoisotopic (exact) mass is 608 g/mol. The third kappa shape index (κ3) is 6.89. The molecule has 9 nitrogen and oxygen atoms in total. The molecule has 0 aliphatic rings. The predicted molar refractivity (Wildman–Crippen MR) is 162 cm³/mol. The van der Waals surface area contributed by atoms with Crippen LogP contribution in [0.5, 0.6) is 5.75 Å². The number of halogens is 1. The van der Waals surface area contributed by atoms with Crippen LogP contribution in [-0.2, 0) is 35.6 Å². The summed E-state index contributed by atoms with van der Waals surface area (Å²) in [7, 11) is -0.281. The number of hydrogen-bond acceptors (Lipinski definition) is 8. The molecule has 0 amide bonds. The fourth-order valence-corrected chi connectivity index (χ4v) is 6.24. The zero-order valence-corrected chi connectivity index (χ0v) is 25.1. The number of hydrogen-bond donors (Lipinski definition) is 0. The van der Waals surface area contributed by atoms with Gasteiger partial charge in [0.15, 0.2) is 0 Å². The number of esters is 2. The molecule has 0 bridgehead atoms. The number of nitrogens with zero attached hydrogens (tertiary/aromatic N) is 2. The van der Waals surface area contributed by atoms with Gasteiger partial charge in [0.05, 0.1) is 38.3 Å². The topological polar surface area (TPSA) is 102 Å². The van der Waals surface area contributed by atoms with Crippen molar-refractivity contribution in [3.05, 3.63) is 96.3 Å². The highest BCUT2D eigenvalue weighted by Crippen LogP contribution is 2.38. The van der Waals surface area contributed by atoms with Gasteiger partial charge in [-0.05, 0) is 49.4 Å². The van der Waals surface area contributed by atoms with Crippen molar-refractivity contribution in [1.82, 2.24) is 0 Å². The lowest BCUT2D eigenvalue weighted by Gasteiger charge is -2.33. The van der Waals surface area contributed by atoms with E-state index in [2.05, 4.69) is 0 Å². The zero-order valence-electron chi connectivity index (χ0n) is 24.3. The van der Waals surface area contributed by atoms with Crippen LogP contribution in [0.3, 0.4) is 0 Å². The van der Waals surface area contributed by atoms with Gasteiger partial charge in [-0.1, -0.05) is 42.5 Å². The molecule has 0 saturated carbocycles. The summed E-state index contributed by atoms with van der Waals surface area (Å²) in [4.78, 5) is 26.6. The molecule has 0 fully saturated rings. The second-order valence-corrected chi connectivity index (χ2v) is 11.6. The number of sulfonamides is 1. The number of methoxy groups -OCH3 is 3. The van der Waals surface area contributed by atoms with Crippen LogP contribution in [0, 0.1) is 5.82 Å². The van der Waals surface area contributed by atoms with Crippen LogP contribution in [0.4, 0.5) is 15.8 Å². The van der Waals surface area contributed by atoms with E-state index in [1.807, 2.05) is 17.9 Å². The summed E-state index contributed by atoms with van der Waals surface area (Å²) < 4.78 is 58.6. The lowest BCUT2D eigenvalue weighted by atomic mass is 10.0. The molecule has 0 aliphatic heterocycles. The van der Waals surface area contributed by atoms with Crippen molar-refractivity contribution < 1.29 is 36.6 Å². The minimum atomic E-state index is -4.25. The Kier molecular flexibility index (Phi) is 9.87. The molecular weight excluding hydrogens is 575 g/mol. The summed E-state index contributed by atoms with van der Waals surface area (Å²) in [5.41, 5.74) is 1.30. The lowest BCUT2D eigenvalue weighted by Crippen LogP contribution is -2.37. The Balaban J connectivity index is 1.89. The largest absolute Gasteiger partial charge is 0.497 e. The Bertz CT molecular complexity index is 1710. The first-order valence-electron chi connectivity index (χ1n) is 13.4. The SMILES string of the molecule is COC(=O)C[C@H](C)N(Cc1ccccc1F)c1ccc(N(CC(=O)OC)S(=O)(=O)c2ccc(OC)cc2)c2ccccc12. The molecule has 226 valence electrons. The maximum atomic E-state index is 14.8. The van der Waals surface area contributed by atoms with E-state index < -0.39 is 40.4 Å². The molecule has 4 aromatic rings. The summed E-state index contributed by atoms with van der Waals surface area (Å²) >= 11 is 0. The van der Waals surface area contributed by atoms with E-state index in [1.54, 1.807) is 48.5 Å². The van der Waals surface area contributed by atoms with Gasteiger partial charge in [0.25, 0.3) is 10.0 Å². The van der Waals surface area contributed by atoms with Crippen LogP contribution in [-0.4, -0.2) is 54.3 Å². The van der Waals surface area contributed by atoms with Crippen molar-refractivity contribution in [3.63, 3.8) is 0 Å². The van der Waals surface area contributed by atoms with Crippen molar-refractivity contribution in [2.75, 3.05) is 37.1 Å². The van der Waals surface area contributed by atoms with Gasteiger partial charge >= 0.3 is 11.9 Å². The van der Waals surface area contributed by atoms with Gasteiger partial charge in [0.1, 0.15) is 18.1 Å². The Morgan fingerprint density at radius 1 is 0.791 bits per heavy atom. The first-order valence-corrected chi connectivity index (χ1v) is 14.9. The molecule has 0 unspecified atom stereocenters. The van der Waals surface area contributed by atoms with E-state index >= 15 is 0 Å². The number of carbonyl (C=O) groups is 2. The maximum Gasteiger partial charge on any atom is 0.326 e. The number of ether oxygens (including phenoxy) is 3. The number of fused-ring (bicyclic) bond motifs is 1. The Morgan fingerprint density at radius 2 is 1.37 bits per heavy atom. The normalized spacial score (nSPS) is 11.9. The first-order chi connectivity index (χ1) is 20.6. The molecule has 4 rings (SSSR count). The third-order valence-corrected chi connectivity index (χ3v) is 8.90. The second kappa shape index (κ2) is 13.6. The highest BCUT2D eigenvalue weighted by atomic mass is 32.2. The van der Waals surface area contributed by atoms with Crippen molar-refractivity contribution in [2.45, 2.75) is 30.8 Å². The summed E-state index contributed by atoms with van der Waals surface area (Å²) in [5.74, 6) is -1.10. The summed E-state index contributed by atoms with van der Waals surface area (Å²) in [6.45, 7) is 1.38. The molecule has 43 heavy (non-hydrogen) atoms. The van der Waals surface area contributed by atoms with E-state index in [-0.39, 0.29) is 23.5 Å². The van der Waals surface area contributed by atoms with Crippen LogP contribution in [0.25, 0.3) is 10.8 Å². The van der Waals surface area contributed by atoms with E-state index in [9.17, 15) is 22.4 Å². The van der Waals surface area contributed by atoms with Gasteiger partial charge in [-0.15, -0.1) is 0 Å².